The molecule has 0 N–H and O–H groups in total. The van der Waals surface area contributed by atoms with Gasteiger partial charge in [-0.15, -0.1) is 0 Å². The van der Waals surface area contributed by atoms with E-state index in [1.165, 1.54) is 0 Å². The number of hydrogen-bond donors (Lipinski definition) is 0. The van der Waals surface area contributed by atoms with Crippen molar-refractivity contribution in [3.63, 3.8) is 0 Å². The highest BCUT2D eigenvalue weighted by atomic mass is 16.8. The van der Waals surface area contributed by atoms with E-state index < -0.39 is 92.1 Å². The molecule has 0 aromatic heterocycles. The van der Waals surface area contributed by atoms with Crippen LogP contribution in [0.4, 0.5) is 0 Å². The van der Waals surface area contributed by atoms with Crippen molar-refractivity contribution in [1.82, 2.24) is 0 Å². The smallest absolute Gasteiger partial charge is 0.187 e. The van der Waals surface area contributed by atoms with Crippen molar-refractivity contribution in [3.05, 3.63) is 71.8 Å². The number of benzene rings is 2. The van der Waals surface area contributed by atoms with Gasteiger partial charge in [0.1, 0.15) is 73.2 Å². The van der Waals surface area contributed by atoms with Crippen LogP contribution in [0.5, 0.6) is 0 Å². The molecule has 4 saturated heterocycles. The largest absolute Gasteiger partial charge is 0.382 e. The second-order valence-corrected chi connectivity index (χ2v) is 14.0. The second kappa shape index (κ2) is 20.5. The Morgan fingerprint density at radius 3 is 1.69 bits per heavy atom. The Labute approximate surface area is 323 Å². The maximum absolute atomic E-state index is 6.82. The van der Waals surface area contributed by atoms with Gasteiger partial charge in [0.25, 0.3) is 0 Å². The average Bonchev–Trinajstić information content (AvgIpc) is 3.22. The van der Waals surface area contributed by atoms with Crippen molar-refractivity contribution < 1.29 is 71.1 Å². The second-order valence-electron chi connectivity index (χ2n) is 14.0. The van der Waals surface area contributed by atoms with Crippen LogP contribution in [0.1, 0.15) is 24.3 Å². The topological polar surface area (TPSA) is 138 Å². The molecule has 15 nitrogen and oxygen atoms in total. The SMILES string of the molecule is COC[C@@H]1O[C@@H](O[C@@H]2C(COCc3ccccc3)O[C@@H](C)C(OC)[C@H]2OC)C(OC)C(OC)[C@@H]1O[C@H]1O[C@H]2COC(c3ccccc3)O[C@H]2C(OC)C1OC. The third kappa shape index (κ3) is 9.60. The summed E-state index contributed by atoms with van der Waals surface area (Å²) in [4.78, 5) is 0. The molecule has 4 heterocycles. The van der Waals surface area contributed by atoms with Crippen LogP contribution in [-0.2, 0) is 77.7 Å². The maximum Gasteiger partial charge on any atom is 0.187 e. The van der Waals surface area contributed by atoms with Gasteiger partial charge in [0.05, 0.1) is 32.5 Å². The van der Waals surface area contributed by atoms with E-state index in [9.17, 15) is 0 Å². The molecule has 0 aliphatic carbocycles. The Kier molecular flexibility index (Phi) is 15.8. The summed E-state index contributed by atoms with van der Waals surface area (Å²) < 4.78 is 93.7. The summed E-state index contributed by atoms with van der Waals surface area (Å²) in [5.74, 6) is 0. The molecule has 308 valence electrons. The van der Waals surface area contributed by atoms with Gasteiger partial charge in [0.15, 0.2) is 18.9 Å². The third-order valence-corrected chi connectivity index (χ3v) is 10.8. The monoisotopic (exact) mass is 778 g/mol. The molecule has 4 aliphatic rings. The highest BCUT2D eigenvalue weighted by Gasteiger charge is 2.56. The summed E-state index contributed by atoms with van der Waals surface area (Å²) in [7, 11) is 11.2. The van der Waals surface area contributed by atoms with Crippen LogP contribution >= 0.6 is 0 Å². The number of rotatable bonds is 17. The van der Waals surface area contributed by atoms with Gasteiger partial charge in [-0.25, -0.2) is 0 Å². The number of ether oxygens (including phenoxy) is 15. The fourth-order valence-corrected chi connectivity index (χ4v) is 8.09. The first-order valence-corrected chi connectivity index (χ1v) is 18.8. The molecule has 0 radical (unpaired) electrons. The van der Waals surface area contributed by atoms with Crippen molar-refractivity contribution in [2.24, 2.45) is 0 Å². The minimum absolute atomic E-state index is 0.131. The molecule has 15 heteroatoms. The fraction of sp³-hybridized carbons (Fsp3) is 0.700. The van der Waals surface area contributed by atoms with Gasteiger partial charge in [-0.2, -0.15) is 0 Å². The molecule has 0 saturated carbocycles. The van der Waals surface area contributed by atoms with E-state index in [0.717, 1.165) is 11.1 Å². The van der Waals surface area contributed by atoms with Crippen LogP contribution in [0.15, 0.2) is 60.7 Å². The van der Waals surface area contributed by atoms with Crippen molar-refractivity contribution in [1.29, 1.82) is 0 Å². The van der Waals surface area contributed by atoms with Crippen LogP contribution in [0.25, 0.3) is 0 Å². The van der Waals surface area contributed by atoms with Crippen molar-refractivity contribution in [2.75, 3.05) is 69.6 Å². The van der Waals surface area contributed by atoms with E-state index >= 15 is 0 Å². The summed E-state index contributed by atoms with van der Waals surface area (Å²) in [5, 5.41) is 0. The summed E-state index contributed by atoms with van der Waals surface area (Å²) in [5.41, 5.74) is 1.93. The lowest BCUT2D eigenvalue weighted by molar-refractivity contribution is -0.396. The van der Waals surface area contributed by atoms with Crippen LogP contribution in [0.2, 0.25) is 0 Å². The molecule has 16 atom stereocenters. The molecular weight excluding hydrogens is 720 g/mol. The summed E-state index contributed by atoms with van der Waals surface area (Å²) in [6.45, 7) is 2.95. The first kappa shape index (κ1) is 42.4. The minimum atomic E-state index is -0.972. The molecule has 55 heavy (non-hydrogen) atoms. The van der Waals surface area contributed by atoms with Crippen molar-refractivity contribution >= 4 is 0 Å². The lowest BCUT2D eigenvalue weighted by Gasteiger charge is -2.52. The van der Waals surface area contributed by atoms with E-state index in [-0.39, 0.29) is 25.9 Å². The van der Waals surface area contributed by atoms with Gasteiger partial charge in [0, 0.05) is 55.3 Å². The predicted molar refractivity (Wildman–Crippen MR) is 194 cm³/mol. The van der Waals surface area contributed by atoms with E-state index in [4.69, 9.17) is 71.1 Å². The van der Waals surface area contributed by atoms with Gasteiger partial charge < -0.3 is 71.1 Å². The molecule has 7 unspecified atom stereocenters. The molecule has 4 aliphatic heterocycles. The van der Waals surface area contributed by atoms with E-state index in [2.05, 4.69) is 0 Å². The molecule has 0 amide bonds. The predicted octanol–water partition coefficient (Wildman–Crippen LogP) is 3.06. The van der Waals surface area contributed by atoms with Gasteiger partial charge >= 0.3 is 0 Å². The number of methoxy groups -OCH3 is 7. The van der Waals surface area contributed by atoms with Crippen molar-refractivity contribution in [3.8, 4) is 0 Å². The normalized spacial score (nSPS) is 39.4. The lowest BCUT2D eigenvalue weighted by Crippen LogP contribution is -2.68. The van der Waals surface area contributed by atoms with Gasteiger partial charge in [-0.05, 0) is 12.5 Å². The van der Waals surface area contributed by atoms with Crippen molar-refractivity contribution in [2.45, 2.75) is 112 Å². The highest BCUT2D eigenvalue weighted by Crippen LogP contribution is 2.39. The number of hydrogen-bond acceptors (Lipinski definition) is 15. The molecule has 2 aromatic carbocycles. The molecular formula is C40H58O15. The summed E-state index contributed by atoms with van der Waals surface area (Å²) >= 11 is 0. The van der Waals surface area contributed by atoms with E-state index in [1.807, 2.05) is 67.6 Å². The first-order chi connectivity index (χ1) is 26.9. The van der Waals surface area contributed by atoms with E-state index in [0.29, 0.717) is 6.61 Å². The third-order valence-electron chi connectivity index (χ3n) is 10.8. The Hall–Kier alpha value is -2.16. The average molecular weight is 779 g/mol. The molecule has 4 fully saturated rings. The van der Waals surface area contributed by atoms with Gasteiger partial charge in [0.2, 0.25) is 0 Å². The van der Waals surface area contributed by atoms with Crippen LogP contribution in [0, 0.1) is 0 Å². The number of fused-ring (bicyclic) bond motifs is 1. The quantitative estimate of drug-likeness (QED) is 0.233. The van der Waals surface area contributed by atoms with Crippen LogP contribution < -0.4 is 0 Å². The Bertz CT molecular complexity index is 1390. The van der Waals surface area contributed by atoms with Crippen LogP contribution in [-0.4, -0.2) is 162 Å². The standard InChI is InChI=1S/C40H58O15/c1-23-29(42-3)33(43-4)31(27(50-23)21-48-19-24-15-11-9-12-16-24)55-39-36(46-7)34(44-5)30(26(51-39)20-41-2)54-40-37(47-8)35(45-6)32-28(52-40)22-49-38(53-32)25-17-13-10-14-18-25/h9-18,23,26-40H,19-22H2,1-8H3/t23-,26-,27?,28-,29?,30+,31+,32+,33+,34?,35?,36?,37?,38?,39-,40+/m0/s1. The van der Waals surface area contributed by atoms with Gasteiger partial charge in [-0.3, -0.25) is 0 Å². The maximum atomic E-state index is 6.82. The zero-order valence-electron chi connectivity index (χ0n) is 33.0. The first-order valence-electron chi connectivity index (χ1n) is 18.8. The zero-order chi connectivity index (χ0) is 38.9. The zero-order valence-corrected chi connectivity index (χ0v) is 33.0. The van der Waals surface area contributed by atoms with E-state index in [1.54, 1.807) is 49.8 Å². The minimum Gasteiger partial charge on any atom is -0.382 e. The molecule has 6 rings (SSSR count). The summed E-state index contributed by atoms with van der Waals surface area (Å²) in [6.07, 6.45) is -10.2. The van der Waals surface area contributed by atoms with Gasteiger partial charge in [-0.1, -0.05) is 60.7 Å². The Morgan fingerprint density at radius 1 is 0.545 bits per heavy atom. The Morgan fingerprint density at radius 2 is 1.09 bits per heavy atom. The Balaban J connectivity index is 1.20. The summed E-state index contributed by atoms with van der Waals surface area (Å²) in [6, 6.07) is 19.7. The lowest BCUT2D eigenvalue weighted by atomic mass is 9.94. The molecule has 0 spiro atoms. The molecule has 2 aromatic rings. The molecule has 0 bridgehead atoms. The fourth-order valence-electron chi connectivity index (χ4n) is 8.09. The van der Waals surface area contributed by atoms with Crippen LogP contribution in [0.3, 0.4) is 0 Å². The highest BCUT2D eigenvalue weighted by molar-refractivity contribution is 5.17.